The lowest BCUT2D eigenvalue weighted by atomic mass is 10.2. The molecule has 0 saturated heterocycles. The van der Waals surface area contributed by atoms with E-state index in [0.29, 0.717) is 31.3 Å². The highest BCUT2D eigenvalue weighted by molar-refractivity contribution is 6.32. The molecule has 6 nitrogen and oxygen atoms in total. The molecule has 0 unspecified atom stereocenters. The van der Waals surface area contributed by atoms with Crippen molar-refractivity contribution in [2.24, 2.45) is 0 Å². The molecular weight excluding hydrogens is 412 g/mol. The average molecular weight is 433 g/mol. The van der Waals surface area contributed by atoms with Crippen molar-refractivity contribution < 1.29 is 4.74 Å². The van der Waals surface area contributed by atoms with E-state index in [4.69, 9.17) is 16.3 Å². The molecule has 0 aliphatic rings. The predicted molar refractivity (Wildman–Crippen MR) is 121 cm³/mol. The van der Waals surface area contributed by atoms with Crippen LogP contribution in [0.3, 0.4) is 0 Å². The summed E-state index contributed by atoms with van der Waals surface area (Å²) in [6, 6.07) is 23.3. The standard InChI is InChI=1S/C24H21ClN4O2/c25-22-21(15-28-29(24(22)30)16-18-8-3-1-4-9-18)27-14-20-12-7-13-26-23(20)31-17-19-10-5-2-6-11-19/h1-13,15,27H,14,16-17H2. The highest BCUT2D eigenvalue weighted by atomic mass is 35.5. The van der Waals surface area contributed by atoms with E-state index < -0.39 is 0 Å². The summed E-state index contributed by atoms with van der Waals surface area (Å²) < 4.78 is 7.23. The number of benzene rings is 2. The van der Waals surface area contributed by atoms with Gasteiger partial charge in [0.05, 0.1) is 18.4 Å². The van der Waals surface area contributed by atoms with E-state index in [0.717, 1.165) is 16.7 Å². The smallest absolute Gasteiger partial charge is 0.287 e. The lowest BCUT2D eigenvalue weighted by molar-refractivity contribution is 0.291. The van der Waals surface area contributed by atoms with E-state index in [1.165, 1.54) is 4.68 Å². The molecule has 2 aromatic heterocycles. The fourth-order valence-electron chi connectivity index (χ4n) is 3.06. The summed E-state index contributed by atoms with van der Waals surface area (Å²) in [6.07, 6.45) is 3.25. The molecule has 0 radical (unpaired) electrons. The Morgan fingerprint density at radius 2 is 1.65 bits per heavy atom. The van der Waals surface area contributed by atoms with Crippen LogP contribution < -0.4 is 15.6 Å². The van der Waals surface area contributed by atoms with Gasteiger partial charge in [-0.15, -0.1) is 0 Å². The molecule has 0 atom stereocenters. The topological polar surface area (TPSA) is 69.0 Å². The van der Waals surface area contributed by atoms with Gasteiger partial charge in [-0.2, -0.15) is 5.10 Å². The summed E-state index contributed by atoms with van der Waals surface area (Å²) in [5.41, 5.74) is 3.00. The SMILES string of the molecule is O=c1c(Cl)c(NCc2cccnc2OCc2ccccc2)cnn1Cc1ccccc1. The minimum absolute atomic E-state index is 0.0987. The molecule has 0 saturated carbocycles. The van der Waals surface area contributed by atoms with Crippen molar-refractivity contribution in [2.75, 3.05) is 5.32 Å². The van der Waals surface area contributed by atoms with E-state index >= 15 is 0 Å². The van der Waals surface area contributed by atoms with Gasteiger partial charge in [0.1, 0.15) is 11.6 Å². The number of ether oxygens (including phenoxy) is 1. The van der Waals surface area contributed by atoms with Crippen LogP contribution in [0.2, 0.25) is 5.02 Å². The van der Waals surface area contributed by atoms with Crippen LogP contribution in [-0.4, -0.2) is 14.8 Å². The van der Waals surface area contributed by atoms with Gasteiger partial charge in [0, 0.05) is 18.3 Å². The van der Waals surface area contributed by atoms with Gasteiger partial charge in [0.25, 0.3) is 5.56 Å². The molecule has 4 aromatic rings. The Morgan fingerprint density at radius 3 is 2.39 bits per heavy atom. The molecule has 0 spiro atoms. The van der Waals surface area contributed by atoms with Crippen LogP contribution in [0, 0.1) is 0 Å². The van der Waals surface area contributed by atoms with Crippen molar-refractivity contribution in [3.8, 4) is 5.88 Å². The lowest BCUT2D eigenvalue weighted by Crippen LogP contribution is -2.24. The molecule has 2 aromatic carbocycles. The van der Waals surface area contributed by atoms with Gasteiger partial charge in [-0.3, -0.25) is 4.79 Å². The third-order valence-corrected chi connectivity index (χ3v) is 5.06. The van der Waals surface area contributed by atoms with Crippen LogP contribution >= 0.6 is 11.6 Å². The molecule has 4 rings (SSSR count). The Hall–Kier alpha value is -3.64. The van der Waals surface area contributed by atoms with Crippen LogP contribution in [0.15, 0.2) is 90.0 Å². The Morgan fingerprint density at radius 1 is 0.935 bits per heavy atom. The number of halogens is 1. The number of rotatable bonds is 8. The van der Waals surface area contributed by atoms with Crippen LogP contribution in [0.1, 0.15) is 16.7 Å². The molecule has 0 fully saturated rings. The highest BCUT2D eigenvalue weighted by Gasteiger charge is 2.11. The molecule has 0 aliphatic heterocycles. The average Bonchev–Trinajstić information content (AvgIpc) is 2.82. The zero-order valence-corrected chi connectivity index (χ0v) is 17.5. The van der Waals surface area contributed by atoms with Crippen LogP contribution in [0.4, 0.5) is 5.69 Å². The fraction of sp³-hybridized carbons (Fsp3) is 0.125. The molecule has 0 aliphatic carbocycles. The third kappa shape index (κ3) is 5.29. The second-order valence-corrected chi connectivity index (χ2v) is 7.29. The van der Waals surface area contributed by atoms with Crippen molar-refractivity contribution in [3.63, 3.8) is 0 Å². The monoisotopic (exact) mass is 432 g/mol. The van der Waals surface area contributed by atoms with Crippen molar-refractivity contribution in [2.45, 2.75) is 19.7 Å². The van der Waals surface area contributed by atoms with Crippen LogP contribution in [-0.2, 0) is 19.7 Å². The lowest BCUT2D eigenvalue weighted by Gasteiger charge is -2.13. The first kappa shape index (κ1) is 20.6. The van der Waals surface area contributed by atoms with Crippen molar-refractivity contribution in [1.29, 1.82) is 0 Å². The van der Waals surface area contributed by atoms with Crippen molar-refractivity contribution >= 4 is 17.3 Å². The quantitative estimate of drug-likeness (QED) is 0.443. The second kappa shape index (κ2) is 9.91. The summed E-state index contributed by atoms with van der Waals surface area (Å²) in [4.78, 5) is 17.0. The molecule has 156 valence electrons. The van der Waals surface area contributed by atoms with Crippen LogP contribution in [0.25, 0.3) is 0 Å². The van der Waals surface area contributed by atoms with E-state index in [2.05, 4.69) is 15.4 Å². The number of nitrogens with zero attached hydrogens (tertiary/aromatic N) is 3. The Bertz CT molecular complexity index is 1200. The van der Waals surface area contributed by atoms with E-state index in [9.17, 15) is 4.79 Å². The number of pyridine rings is 1. The Kier molecular flexibility index (Phi) is 6.59. The van der Waals surface area contributed by atoms with Crippen molar-refractivity contribution in [1.82, 2.24) is 14.8 Å². The molecular formula is C24H21ClN4O2. The van der Waals surface area contributed by atoms with E-state index in [1.54, 1.807) is 12.4 Å². The fourth-order valence-corrected chi connectivity index (χ4v) is 3.28. The van der Waals surface area contributed by atoms with Gasteiger partial charge >= 0.3 is 0 Å². The third-order valence-electron chi connectivity index (χ3n) is 4.70. The van der Waals surface area contributed by atoms with Gasteiger partial charge in [0.15, 0.2) is 0 Å². The summed E-state index contributed by atoms with van der Waals surface area (Å²) in [7, 11) is 0. The zero-order valence-electron chi connectivity index (χ0n) is 16.7. The second-order valence-electron chi connectivity index (χ2n) is 6.92. The predicted octanol–water partition coefficient (Wildman–Crippen LogP) is 4.53. The summed E-state index contributed by atoms with van der Waals surface area (Å²) in [5.74, 6) is 0.528. The summed E-state index contributed by atoms with van der Waals surface area (Å²) in [6.45, 7) is 1.17. The highest BCUT2D eigenvalue weighted by Crippen LogP contribution is 2.21. The largest absolute Gasteiger partial charge is 0.473 e. The van der Waals surface area contributed by atoms with Gasteiger partial charge in [-0.05, 0) is 17.2 Å². The molecule has 0 amide bonds. The molecule has 0 bridgehead atoms. The Balaban J connectivity index is 1.45. The maximum absolute atomic E-state index is 12.6. The van der Waals surface area contributed by atoms with Gasteiger partial charge in [0.2, 0.25) is 5.88 Å². The maximum atomic E-state index is 12.6. The first-order valence-electron chi connectivity index (χ1n) is 9.85. The summed E-state index contributed by atoms with van der Waals surface area (Å²) >= 11 is 6.33. The summed E-state index contributed by atoms with van der Waals surface area (Å²) in [5, 5.41) is 7.53. The zero-order chi connectivity index (χ0) is 21.5. The normalized spacial score (nSPS) is 10.6. The minimum atomic E-state index is -0.345. The molecule has 7 heteroatoms. The molecule has 1 N–H and O–H groups in total. The van der Waals surface area contributed by atoms with Gasteiger partial charge < -0.3 is 10.1 Å². The number of hydrogen-bond donors (Lipinski definition) is 1. The first-order valence-corrected chi connectivity index (χ1v) is 10.2. The number of aromatic nitrogens is 3. The Labute approximate surface area is 185 Å². The number of nitrogens with one attached hydrogen (secondary N) is 1. The maximum Gasteiger partial charge on any atom is 0.287 e. The van der Waals surface area contributed by atoms with E-state index in [1.807, 2.05) is 72.8 Å². The number of hydrogen-bond acceptors (Lipinski definition) is 5. The van der Waals surface area contributed by atoms with Gasteiger partial charge in [-0.1, -0.05) is 78.3 Å². The van der Waals surface area contributed by atoms with E-state index in [-0.39, 0.29) is 10.6 Å². The van der Waals surface area contributed by atoms with Crippen molar-refractivity contribution in [3.05, 3.63) is 117 Å². The first-order chi connectivity index (χ1) is 15.2. The molecule has 2 heterocycles. The van der Waals surface area contributed by atoms with Gasteiger partial charge in [-0.25, -0.2) is 9.67 Å². The minimum Gasteiger partial charge on any atom is -0.473 e. The molecule has 31 heavy (non-hydrogen) atoms. The van der Waals surface area contributed by atoms with Crippen LogP contribution in [0.5, 0.6) is 5.88 Å². The number of anilines is 1.